The number of nitrogens with zero attached hydrogens (tertiary/aromatic N) is 3. The Balaban J connectivity index is 1.25. The van der Waals surface area contributed by atoms with Gasteiger partial charge in [-0.05, 0) is 98.4 Å². The number of nitrogens with one attached hydrogen (secondary N) is 2. The number of carbonyl (C=O) groups excluding carboxylic acids is 2. The zero-order chi connectivity index (χ0) is 32.5. The summed E-state index contributed by atoms with van der Waals surface area (Å²) in [4.78, 5) is 47.8. The minimum atomic E-state index is -0.522. The summed E-state index contributed by atoms with van der Waals surface area (Å²) >= 11 is 1.51. The molecule has 1 aliphatic carbocycles. The van der Waals surface area contributed by atoms with Crippen molar-refractivity contribution in [3.8, 4) is 11.3 Å². The van der Waals surface area contributed by atoms with E-state index in [1.807, 2.05) is 42.3 Å². The molecule has 2 unspecified atom stereocenters. The zero-order valence-corrected chi connectivity index (χ0v) is 27.6. The van der Waals surface area contributed by atoms with E-state index >= 15 is 0 Å². The molecule has 0 radical (unpaired) electrons. The van der Waals surface area contributed by atoms with Gasteiger partial charge in [-0.3, -0.25) is 14.4 Å². The Hall–Kier alpha value is -4.31. The van der Waals surface area contributed by atoms with Crippen molar-refractivity contribution in [1.29, 1.82) is 0 Å². The van der Waals surface area contributed by atoms with Crippen LogP contribution in [0.1, 0.15) is 76.2 Å². The van der Waals surface area contributed by atoms with Crippen LogP contribution in [0.4, 0.5) is 21.6 Å². The van der Waals surface area contributed by atoms with Gasteiger partial charge in [0.05, 0.1) is 16.5 Å². The minimum absolute atomic E-state index is 0.0845. The average molecular weight is 642 g/mol. The molecule has 2 N–H and O–H groups in total. The predicted octanol–water partition coefficient (Wildman–Crippen LogP) is 7.19. The first-order valence-electron chi connectivity index (χ1n) is 16.0. The van der Waals surface area contributed by atoms with Crippen LogP contribution in [0.25, 0.3) is 11.3 Å². The average Bonchev–Trinajstić information content (AvgIpc) is 3.48. The third-order valence-electron chi connectivity index (χ3n) is 9.33. The van der Waals surface area contributed by atoms with Crippen LogP contribution in [-0.2, 0) is 24.7 Å². The van der Waals surface area contributed by atoms with E-state index in [1.54, 1.807) is 20.2 Å². The molecule has 2 atom stereocenters. The van der Waals surface area contributed by atoms with Crippen LogP contribution in [0.2, 0.25) is 0 Å². The highest BCUT2D eigenvalue weighted by Crippen LogP contribution is 2.34. The maximum absolute atomic E-state index is 15.0. The van der Waals surface area contributed by atoms with E-state index in [9.17, 15) is 18.8 Å². The second-order valence-electron chi connectivity index (χ2n) is 12.7. The molecule has 46 heavy (non-hydrogen) atoms. The molecule has 1 saturated heterocycles. The fourth-order valence-corrected chi connectivity index (χ4v) is 7.78. The van der Waals surface area contributed by atoms with Crippen molar-refractivity contribution < 1.29 is 14.0 Å². The highest BCUT2D eigenvalue weighted by atomic mass is 32.1. The number of benzene rings is 2. The van der Waals surface area contributed by atoms with Gasteiger partial charge >= 0.3 is 0 Å². The van der Waals surface area contributed by atoms with E-state index < -0.39 is 5.82 Å². The van der Waals surface area contributed by atoms with E-state index in [0.29, 0.717) is 33.1 Å². The van der Waals surface area contributed by atoms with Gasteiger partial charge in [0.25, 0.3) is 11.5 Å². The third-order valence-corrected chi connectivity index (χ3v) is 10.6. The normalized spacial score (nSPS) is 18.5. The summed E-state index contributed by atoms with van der Waals surface area (Å²) in [5, 5.41) is 6.04. The van der Waals surface area contributed by atoms with E-state index in [-0.39, 0.29) is 35.0 Å². The molecule has 8 nitrogen and oxygen atoms in total. The lowest BCUT2D eigenvalue weighted by atomic mass is 9.82. The van der Waals surface area contributed by atoms with Crippen molar-refractivity contribution >= 4 is 40.3 Å². The molecule has 0 bridgehead atoms. The molecule has 6 rings (SSSR count). The van der Waals surface area contributed by atoms with Gasteiger partial charge in [-0.1, -0.05) is 25.5 Å². The molecule has 3 heterocycles. The van der Waals surface area contributed by atoms with E-state index in [4.69, 9.17) is 0 Å². The number of amides is 2. The minimum Gasteiger partial charge on any atom is -0.345 e. The number of aryl methyl sites for hydroxylation is 3. The summed E-state index contributed by atoms with van der Waals surface area (Å²) in [5.74, 6) is -0.567. The number of carbonyl (C=O) groups is 2. The highest BCUT2D eigenvalue weighted by molar-refractivity contribution is 7.14. The fraction of sp³-hybridized carbons (Fsp3) is 0.389. The lowest BCUT2D eigenvalue weighted by Crippen LogP contribution is -2.36. The smallest absolute Gasteiger partial charge is 0.293 e. The van der Waals surface area contributed by atoms with Crippen LogP contribution >= 0.6 is 11.3 Å². The standard InChI is InChI=1S/C36H40FN5O3S/c1-21-9-7-8-16-41(3)35(44)32(21)23-12-14-26(15-13-23)38-33-36(45)42(4)20-29(39-33)27-18-25(37)19-28(22(27)2)40-34(43)31-17-24-10-5-6-11-30(24)46-31/h12-15,17-21,32H,5-11,16H2,1-4H3,(H,38,39)(H,40,43). The Kier molecular flexibility index (Phi) is 9.08. The van der Waals surface area contributed by atoms with Crippen LogP contribution in [-0.4, -0.2) is 39.9 Å². The molecule has 10 heteroatoms. The topological polar surface area (TPSA) is 96.3 Å². The number of hydrogen-bond donors (Lipinski definition) is 2. The van der Waals surface area contributed by atoms with Crippen molar-refractivity contribution in [2.24, 2.45) is 13.0 Å². The molecule has 2 aromatic heterocycles. The second-order valence-corrected chi connectivity index (χ2v) is 13.8. The largest absolute Gasteiger partial charge is 0.345 e. The van der Waals surface area contributed by atoms with Gasteiger partial charge in [0.15, 0.2) is 5.82 Å². The molecular formula is C36H40FN5O3S. The first-order chi connectivity index (χ1) is 22.1. The highest BCUT2D eigenvalue weighted by Gasteiger charge is 2.30. The van der Waals surface area contributed by atoms with Gasteiger partial charge < -0.3 is 20.1 Å². The van der Waals surface area contributed by atoms with Crippen molar-refractivity contribution in [2.75, 3.05) is 24.2 Å². The number of likely N-dealkylation sites (tertiary alicyclic amines) is 1. The summed E-state index contributed by atoms with van der Waals surface area (Å²) in [6.45, 7) is 4.70. The first kappa shape index (κ1) is 31.7. The Morgan fingerprint density at radius 2 is 1.78 bits per heavy atom. The van der Waals surface area contributed by atoms with Crippen molar-refractivity contribution in [3.63, 3.8) is 0 Å². The van der Waals surface area contributed by atoms with E-state index in [2.05, 4.69) is 22.5 Å². The van der Waals surface area contributed by atoms with Crippen molar-refractivity contribution in [2.45, 2.75) is 64.7 Å². The first-order valence-corrected chi connectivity index (χ1v) is 16.8. The molecule has 240 valence electrons. The number of likely N-dealkylation sites (N-methyl/N-ethyl adjacent to an activating group) is 1. The molecule has 2 amide bonds. The Labute approximate surface area is 272 Å². The van der Waals surface area contributed by atoms with Crippen molar-refractivity contribution in [3.05, 3.63) is 91.3 Å². The van der Waals surface area contributed by atoms with Crippen molar-refractivity contribution in [1.82, 2.24) is 14.5 Å². The number of fused-ring (bicyclic) bond motifs is 1. The van der Waals surface area contributed by atoms with Gasteiger partial charge in [0.1, 0.15) is 5.82 Å². The molecule has 1 aliphatic heterocycles. The lowest BCUT2D eigenvalue weighted by Gasteiger charge is -2.31. The molecular weight excluding hydrogens is 601 g/mol. The van der Waals surface area contributed by atoms with Crippen LogP contribution in [0.15, 0.2) is 53.5 Å². The summed E-state index contributed by atoms with van der Waals surface area (Å²) in [7, 11) is 3.49. The molecule has 2 aliphatic rings. The molecule has 0 saturated carbocycles. The third kappa shape index (κ3) is 6.49. The van der Waals surface area contributed by atoms with Gasteiger partial charge in [-0.15, -0.1) is 11.3 Å². The monoisotopic (exact) mass is 641 g/mol. The quantitative estimate of drug-likeness (QED) is 0.232. The zero-order valence-electron chi connectivity index (χ0n) is 26.8. The Morgan fingerprint density at radius 3 is 2.54 bits per heavy atom. The number of aromatic nitrogens is 2. The summed E-state index contributed by atoms with van der Waals surface area (Å²) < 4.78 is 16.4. The van der Waals surface area contributed by atoms with E-state index in [1.165, 1.54) is 38.5 Å². The Morgan fingerprint density at radius 1 is 1.02 bits per heavy atom. The number of rotatable bonds is 6. The molecule has 1 fully saturated rings. The van der Waals surface area contributed by atoms with Gasteiger partial charge in [0, 0.05) is 48.7 Å². The van der Waals surface area contributed by atoms with Crippen LogP contribution < -0.4 is 16.2 Å². The fourth-order valence-electron chi connectivity index (χ4n) is 6.63. The molecule has 0 spiro atoms. The van der Waals surface area contributed by atoms with Gasteiger partial charge in [0.2, 0.25) is 5.91 Å². The van der Waals surface area contributed by atoms with E-state index in [0.717, 1.165) is 57.1 Å². The number of anilines is 3. The number of thiophene rings is 1. The molecule has 2 aromatic carbocycles. The predicted molar refractivity (Wildman–Crippen MR) is 182 cm³/mol. The SMILES string of the molecule is Cc1c(NC(=O)c2cc3c(s2)CCCC3)cc(F)cc1-c1cn(C)c(=O)c(Nc2ccc(C3C(=O)N(C)CCCCC3C)cc2)n1. The second kappa shape index (κ2) is 13.2. The van der Waals surface area contributed by atoms with Gasteiger partial charge in [-0.2, -0.15) is 0 Å². The van der Waals surface area contributed by atoms with Crippen LogP contribution in [0, 0.1) is 18.7 Å². The molecule has 4 aromatic rings. The summed E-state index contributed by atoms with van der Waals surface area (Å²) in [6.07, 6.45) is 8.91. The summed E-state index contributed by atoms with van der Waals surface area (Å²) in [5.41, 5.74) is 4.33. The lowest BCUT2D eigenvalue weighted by molar-refractivity contribution is -0.133. The Bertz CT molecular complexity index is 1820. The number of hydrogen-bond acceptors (Lipinski definition) is 6. The maximum atomic E-state index is 15.0. The van der Waals surface area contributed by atoms with Gasteiger partial charge in [-0.25, -0.2) is 9.37 Å². The summed E-state index contributed by atoms with van der Waals surface area (Å²) in [6, 6.07) is 12.2. The van der Waals surface area contributed by atoms with Crippen LogP contribution in [0.5, 0.6) is 0 Å². The number of halogens is 1. The maximum Gasteiger partial charge on any atom is 0.293 e. The van der Waals surface area contributed by atoms with Crippen LogP contribution in [0.3, 0.4) is 0 Å².